The molecule has 0 amide bonds. The molecule has 2 nitrogen and oxygen atoms in total. The molecule has 0 aromatic heterocycles. The van der Waals surface area contributed by atoms with E-state index in [0.717, 1.165) is 31.0 Å². The molecule has 0 saturated heterocycles. The van der Waals surface area contributed by atoms with Crippen LogP contribution in [-0.4, -0.2) is 17.4 Å². The third kappa shape index (κ3) is 3.95. The van der Waals surface area contributed by atoms with Crippen molar-refractivity contribution in [2.45, 2.75) is 38.7 Å². The van der Waals surface area contributed by atoms with Crippen molar-refractivity contribution in [1.82, 2.24) is 0 Å². The van der Waals surface area contributed by atoms with Crippen LogP contribution in [0.25, 0.3) is 0 Å². The van der Waals surface area contributed by atoms with Crippen LogP contribution < -0.4 is 15.9 Å². The predicted molar refractivity (Wildman–Crippen MR) is 124 cm³/mol. The first-order chi connectivity index (χ1) is 14.3. The highest BCUT2D eigenvalue weighted by Gasteiger charge is 2.35. The van der Waals surface area contributed by atoms with Gasteiger partial charge in [0.05, 0.1) is 0 Å². The van der Waals surface area contributed by atoms with Crippen LogP contribution in [0.1, 0.15) is 32.6 Å². The van der Waals surface area contributed by atoms with Gasteiger partial charge in [-0.05, 0) is 42.1 Å². The minimum atomic E-state index is -2.32. The minimum Gasteiger partial charge on any atom is -0.459 e. The largest absolute Gasteiger partial charge is 0.459 e. The molecule has 0 unspecified atom stereocenters. The van der Waals surface area contributed by atoms with Gasteiger partial charge in [-0.15, -0.1) is 0 Å². The summed E-state index contributed by atoms with van der Waals surface area (Å²) in [5, 5.41) is 4.53. The lowest BCUT2D eigenvalue weighted by Gasteiger charge is -2.32. The molecule has 29 heavy (non-hydrogen) atoms. The van der Waals surface area contributed by atoms with Gasteiger partial charge in [0.15, 0.2) is 0 Å². The first kappa shape index (κ1) is 19.7. The Morgan fingerprint density at radius 1 is 0.793 bits per heavy atom. The Balaban J connectivity index is 2.12. The van der Waals surface area contributed by atoms with Gasteiger partial charge < -0.3 is 4.74 Å². The normalized spacial score (nSPS) is 13.7. The number of benzene rings is 3. The molecular weight excluding hydrogens is 375 g/mol. The highest BCUT2D eigenvalue weighted by atomic mass is 31.2. The molecule has 1 aliphatic rings. The highest BCUT2D eigenvalue weighted by molar-refractivity contribution is 7.96. The van der Waals surface area contributed by atoms with Crippen LogP contribution in [0.2, 0.25) is 0 Å². The van der Waals surface area contributed by atoms with E-state index >= 15 is 0 Å². The molecule has 1 saturated carbocycles. The Hall–Kier alpha value is -2.57. The second kappa shape index (κ2) is 8.84. The summed E-state index contributed by atoms with van der Waals surface area (Å²) in [4.78, 5) is 13.5. The minimum absolute atomic E-state index is 0.0959. The molecule has 0 radical (unpaired) electrons. The fraction of sp³-hybridized carbons (Fsp3) is 0.231. The number of esters is 1. The molecular formula is C26H27O2P. The van der Waals surface area contributed by atoms with Gasteiger partial charge in [0.1, 0.15) is 6.10 Å². The lowest BCUT2D eigenvalue weighted by atomic mass is 10.2. The summed E-state index contributed by atoms with van der Waals surface area (Å²) >= 11 is 0. The van der Waals surface area contributed by atoms with Gasteiger partial charge in [-0.25, -0.2) is 4.79 Å². The summed E-state index contributed by atoms with van der Waals surface area (Å²) in [6, 6.07) is 31.6. The van der Waals surface area contributed by atoms with Crippen LogP contribution >= 0.6 is 6.89 Å². The van der Waals surface area contributed by atoms with Crippen molar-refractivity contribution in [3.05, 3.63) is 91.0 Å². The molecule has 0 bridgehead atoms. The predicted octanol–water partition coefficient (Wildman–Crippen LogP) is 4.66. The lowest BCUT2D eigenvalue weighted by Crippen LogP contribution is -2.34. The molecule has 0 aliphatic heterocycles. The molecule has 0 heterocycles. The van der Waals surface area contributed by atoms with Crippen molar-refractivity contribution < 1.29 is 9.53 Å². The van der Waals surface area contributed by atoms with Crippen molar-refractivity contribution in [3.8, 4) is 0 Å². The maximum Gasteiger partial charge on any atom is 0.335 e. The number of carbonyl (C=O) groups excluding carboxylic acids is 1. The quantitative estimate of drug-likeness (QED) is 0.424. The first-order valence-electron chi connectivity index (χ1n) is 10.4. The maximum absolute atomic E-state index is 13.5. The van der Waals surface area contributed by atoms with E-state index < -0.39 is 6.89 Å². The zero-order valence-corrected chi connectivity index (χ0v) is 17.7. The van der Waals surface area contributed by atoms with Crippen molar-refractivity contribution in [1.29, 1.82) is 0 Å². The van der Waals surface area contributed by atoms with Gasteiger partial charge in [-0.1, -0.05) is 104 Å². The molecule has 0 atom stereocenters. The highest BCUT2D eigenvalue weighted by Crippen LogP contribution is 2.47. The summed E-state index contributed by atoms with van der Waals surface area (Å²) in [7, 11) is 0. The molecule has 0 spiro atoms. The summed E-state index contributed by atoms with van der Waals surface area (Å²) in [6.07, 6.45) is 3.71. The number of carbonyl (C=O) groups is 1. The fourth-order valence-electron chi connectivity index (χ4n) is 3.92. The molecule has 3 aromatic rings. The van der Waals surface area contributed by atoms with Gasteiger partial charge >= 0.3 is 5.97 Å². The zero-order valence-electron chi connectivity index (χ0n) is 16.8. The van der Waals surface area contributed by atoms with E-state index in [1.807, 2.05) is 18.2 Å². The van der Waals surface area contributed by atoms with Crippen LogP contribution in [0, 0.1) is 0 Å². The maximum atomic E-state index is 13.5. The smallest absolute Gasteiger partial charge is 0.335 e. The average molecular weight is 402 g/mol. The number of hydrogen-bond donors (Lipinski definition) is 0. The molecule has 1 aliphatic carbocycles. The summed E-state index contributed by atoms with van der Waals surface area (Å²) in [6.45, 7) is -0.183. The monoisotopic (exact) mass is 402 g/mol. The number of rotatable bonds is 7. The first-order valence-corrected chi connectivity index (χ1v) is 12.2. The van der Waals surface area contributed by atoms with Crippen LogP contribution in [0.5, 0.6) is 0 Å². The van der Waals surface area contributed by atoms with Gasteiger partial charge in [-0.2, -0.15) is 0 Å². The van der Waals surface area contributed by atoms with Gasteiger partial charge in [0.25, 0.3) is 0 Å². The second-order valence-corrected chi connectivity index (χ2v) is 10.9. The third-order valence-electron chi connectivity index (χ3n) is 5.36. The van der Waals surface area contributed by atoms with Gasteiger partial charge in [0.2, 0.25) is 0 Å². The SMILES string of the molecule is CCCC(C(=O)OC1CC1)=P(c1ccccc1)(c1ccccc1)c1ccccc1. The Kier molecular flexibility index (Phi) is 6.02. The van der Waals surface area contributed by atoms with E-state index in [-0.39, 0.29) is 12.1 Å². The van der Waals surface area contributed by atoms with Gasteiger partial charge in [0, 0.05) is 5.29 Å². The number of hydrogen-bond acceptors (Lipinski definition) is 2. The van der Waals surface area contributed by atoms with Crippen LogP contribution in [0.15, 0.2) is 91.0 Å². The van der Waals surface area contributed by atoms with E-state index in [0.29, 0.717) is 0 Å². The average Bonchev–Trinajstić information content (AvgIpc) is 3.60. The standard InChI is InChI=1S/C26H27O2P/c1-2-12-25(26(27)28-21-19-20-21)29(22-13-6-3-7-14-22,23-15-8-4-9-16-23)24-17-10-5-11-18-24/h3-11,13-18,21H,2,12,19-20H2,1H3. The van der Waals surface area contributed by atoms with Crippen LogP contribution in [-0.2, 0) is 9.53 Å². The fourth-order valence-corrected chi connectivity index (χ4v) is 8.49. The van der Waals surface area contributed by atoms with Crippen LogP contribution in [0.4, 0.5) is 0 Å². The molecule has 3 heteroatoms. The Labute approximate surface area is 173 Å². The lowest BCUT2D eigenvalue weighted by molar-refractivity contribution is -0.136. The van der Waals surface area contributed by atoms with E-state index in [1.165, 1.54) is 15.9 Å². The Bertz CT molecular complexity index is 903. The van der Waals surface area contributed by atoms with Gasteiger partial charge in [-0.3, -0.25) is 0 Å². The Morgan fingerprint density at radius 2 is 1.21 bits per heavy atom. The van der Waals surface area contributed by atoms with Crippen LogP contribution in [0.3, 0.4) is 0 Å². The van der Waals surface area contributed by atoms with E-state index in [2.05, 4.69) is 79.7 Å². The topological polar surface area (TPSA) is 26.3 Å². The number of ether oxygens (including phenoxy) is 1. The summed E-state index contributed by atoms with van der Waals surface area (Å²) in [5.74, 6) is -0.112. The summed E-state index contributed by atoms with van der Waals surface area (Å²) < 4.78 is 5.90. The molecule has 148 valence electrons. The van der Waals surface area contributed by atoms with Crippen molar-refractivity contribution in [2.75, 3.05) is 0 Å². The molecule has 3 aromatic carbocycles. The molecule has 4 rings (SSSR count). The zero-order chi connectivity index (χ0) is 20.1. The van der Waals surface area contributed by atoms with Crippen molar-refractivity contribution >= 4 is 34.1 Å². The molecule has 0 N–H and O–H groups in total. The van der Waals surface area contributed by atoms with E-state index in [9.17, 15) is 4.79 Å². The third-order valence-corrected chi connectivity index (χ3v) is 9.79. The second-order valence-electron chi connectivity index (χ2n) is 7.48. The van der Waals surface area contributed by atoms with E-state index in [1.54, 1.807) is 0 Å². The van der Waals surface area contributed by atoms with E-state index in [4.69, 9.17) is 4.74 Å². The molecule has 1 fully saturated rings. The van der Waals surface area contributed by atoms with Crippen molar-refractivity contribution in [2.24, 2.45) is 0 Å². The van der Waals surface area contributed by atoms with Crippen molar-refractivity contribution in [3.63, 3.8) is 0 Å². The summed E-state index contributed by atoms with van der Waals surface area (Å²) in [5.41, 5.74) is 0. The Morgan fingerprint density at radius 3 is 1.55 bits per heavy atom.